The lowest BCUT2D eigenvalue weighted by Crippen LogP contribution is -2.03. The van der Waals surface area contributed by atoms with Crippen molar-refractivity contribution in [2.24, 2.45) is 7.05 Å². The van der Waals surface area contributed by atoms with Gasteiger partial charge in [-0.05, 0) is 43.7 Å². The van der Waals surface area contributed by atoms with Crippen LogP contribution in [0.25, 0.3) is 5.82 Å². The van der Waals surface area contributed by atoms with E-state index in [-0.39, 0.29) is 0 Å². The van der Waals surface area contributed by atoms with Crippen LogP contribution in [0.1, 0.15) is 17.0 Å². The Labute approximate surface area is 124 Å². The number of nitrogens with one attached hydrogen (secondary N) is 1. The normalized spacial score (nSPS) is 10.8. The lowest BCUT2D eigenvalue weighted by molar-refractivity contribution is 0.836. The van der Waals surface area contributed by atoms with E-state index in [4.69, 9.17) is 0 Å². The Hall–Kier alpha value is -2.56. The second-order valence-corrected chi connectivity index (χ2v) is 5.16. The fourth-order valence-electron chi connectivity index (χ4n) is 2.34. The molecule has 0 spiro atoms. The van der Waals surface area contributed by atoms with Gasteiger partial charge in [0.15, 0.2) is 5.82 Å². The van der Waals surface area contributed by atoms with Crippen molar-refractivity contribution in [3.63, 3.8) is 0 Å². The zero-order valence-corrected chi connectivity index (χ0v) is 12.5. The first-order chi connectivity index (χ1) is 10.1. The third-order valence-electron chi connectivity index (χ3n) is 3.85. The predicted molar refractivity (Wildman–Crippen MR) is 83.6 cm³/mol. The predicted octanol–water partition coefficient (Wildman–Crippen LogP) is 2.83. The molecule has 3 rings (SSSR count). The molecule has 3 aromatic rings. The van der Waals surface area contributed by atoms with Gasteiger partial charge in [0.2, 0.25) is 0 Å². The second kappa shape index (κ2) is 5.44. The first-order valence-corrected chi connectivity index (χ1v) is 6.97. The van der Waals surface area contributed by atoms with E-state index in [9.17, 15) is 0 Å². The summed E-state index contributed by atoms with van der Waals surface area (Å²) in [5.74, 6) is 0.817. The van der Waals surface area contributed by atoms with Crippen LogP contribution in [0, 0.1) is 13.8 Å². The minimum atomic E-state index is 0.802. The summed E-state index contributed by atoms with van der Waals surface area (Å²) in [6.45, 7) is 5.07. The molecule has 0 aliphatic carbocycles. The van der Waals surface area contributed by atoms with Gasteiger partial charge in [0.05, 0.1) is 11.9 Å². The zero-order chi connectivity index (χ0) is 14.8. The lowest BCUT2D eigenvalue weighted by atomic mass is 10.2. The van der Waals surface area contributed by atoms with Crippen LogP contribution in [0.15, 0.2) is 42.9 Å². The molecular weight excluding hydrogens is 262 g/mol. The fourth-order valence-corrected chi connectivity index (χ4v) is 2.34. The van der Waals surface area contributed by atoms with E-state index in [1.165, 1.54) is 17.0 Å². The van der Waals surface area contributed by atoms with E-state index in [2.05, 4.69) is 46.9 Å². The van der Waals surface area contributed by atoms with Crippen LogP contribution in [-0.2, 0) is 13.6 Å². The van der Waals surface area contributed by atoms with E-state index in [1.807, 2.05) is 30.6 Å². The number of nitrogens with zero attached hydrogens (tertiary/aromatic N) is 4. The summed E-state index contributed by atoms with van der Waals surface area (Å²) in [6.07, 6.45) is 5.46. The van der Waals surface area contributed by atoms with E-state index in [0.717, 1.165) is 18.1 Å². The van der Waals surface area contributed by atoms with Gasteiger partial charge in [-0.2, -0.15) is 5.10 Å². The Bertz CT molecular complexity index is 723. The summed E-state index contributed by atoms with van der Waals surface area (Å²) in [5, 5.41) is 7.57. The Morgan fingerprint density at radius 1 is 1.24 bits per heavy atom. The highest BCUT2D eigenvalue weighted by molar-refractivity contribution is 5.44. The van der Waals surface area contributed by atoms with Crippen molar-refractivity contribution in [2.45, 2.75) is 20.4 Å². The van der Waals surface area contributed by atoms with Crippen molar-refractivity contribution >= 4 is 5.69 Å². The summed E-state index contributed by atoms with van der Waals surface area (Å²) in [5.41, 5.74) is 4.88. The average Bonchev–Trinajstić information content (AvgIpc) is 3.11. The molecule has 1 N–H and O–H groups in total. The monoisotopic (exact) mass is 281 g/mol. The number of aryl methyl sites for hydroxylation is 1. The highest BCUT2D eigenvalue weighted by atomic mass is 15.3. The van der Waals surface area contributed by atoms with Gasteiger partial charge in [-0.3, -0.25) is 0 Å². The molecule has 21 heavy (non-hydrogen) atoms. The Morgan fingerprint density at radius 2 is 2.10 bits per heavy atom. The van der Waals surface area contributed by atoms with Crippen molar-refractivity contribution in [3.05, 3.63) is 59.8 Å². The van der Waals surface area contributed by atoms with Crippen molar-refractivity contribution in [1.82, 2.24) is 19.3 Å². The molecule has 0 amide bonds. The Kier molecular flexibility index (Phi) is 3.48. The van der Waals surface area contributed by atoms with Crippen LogP contribution >= 0.6 is 0 Å². The molecule has 0 saturated heterocycles. The molecule has 0 saturated carbocycles. The summed E-state index contributed by atoms with van der Waals surface area (Å²) >= 11 is 0. The van der Waals surface area contributed by atoms with E-state index >= 15 is 0 Å². The Balaban J connectivity index is 1.69. The number of rotatable bonds is 4. The molecule has 0 bridgehead atoms. The molecule has 5 heteroatoms. The molecule has 0 atom stereocenters. The highest BCUT2D eigenvalue weighted by Gasteiger charge is 2.06. The zero-order valence-electron chi connectivity index (χ0n) is 12.5. The lowest BCUT2D eigenvalue weighted by Gasteiger charge is -2.07. The SMILES string of the molecule is Cc1cc(CNc2ccc(-n3cccn3)nc2)c(C)n1C. The van der Waals surface area contributed by atoms with Crippen LogP contribution in [0.4, 0.5) is 5.69 Å². The van der Waals surface area contributed by atoms with Gasteiger partial charge in [0, 0.05) is 37.4 Å². The highest BCUT2D eigenvalue weighted by Crippen LogP contribution is 2.16. The van der Waals surface area contributed by atoms with Crippen molar-refractivity contribution in [1.29, 1.82) is 0 Å². The summed E-state index contributed by atoms with van der Waals surface area (Å²) in [6, 6.07) is 8.08. The quantitative estimate of drug-likeness (QED) is 0.800. The van der Waals surface area contributed by atoms with Gasteiger partial charge in [-0.25, -0.2) is 9.67 Å². The maximum Gasteiger partial charge on any atom is 0.153 e. The largest absolute Gasteiger partial charge is 0.380 e. The van der Waals surface area contributed by atoms with E-state index < -0.39 is 0 Å². The number of pyridine rings is 1. The van der Waals surface area contributed by atoms with Crippen molar-refractivity contribution in [3.8, 4) is 5.82 Å². The van der Waals surface area contributed by atoms with Gasteiger partial charge in [-0.1, -0.05) is 0 Å². The number of hydrogen-bond donors (Lipinski definition) is 1. The fraction of sp³-hybridized carbons (Fsp3) is 0.250. The van der Waals surface area contributed by atoms with Crippen molar-refractivity contribution in [2.75, 3.05) is 5.32 Å². The first-order valence-electron chi connectivity index (χ1n) is 6.97. The smallest absolute Gasteiger partial charge is 0.153 e. The standard InChI is InChI=1S/C16H19N5/c1-12-9-14(13(2)20(12)3)10-17-15-5-6-16(18-11-15)21-8-4-7-19-21/h4-9,11,17H,10H2,1-3H3. The maximum absolute atomic E-state index is 4.41. The summed E-state index contributed by atoms with van der Waals surface area (Å²) in [7, 11) is 2.09. The van der Waals surface area contributed by atoms with Gasteiger partial charge in [0.25, 0.3) is 0 Å². The average molecular weight is 281 g/mol. The maximum atomic E-state index is 4.41. The second-order valence-electron chi connectivity index (χ2n) is 5.16. The molecule has 3 heterocycles. The van der Waals surface area contributed by atoms with E-state index in [1.54, 1.807) is 10.9 Å². The van der Waals surface area contributed by atoms with Crippen LogP contribution in [-0.4, -0.2) is 19.3 Å². The van der Waals surface area contributed by atoms with Crippen molar-refractivity contribution < 1.29 is 0 Å². The van der Waals surface area contributed by atoms with Crippen LogP contribution in [0.3, 0.4) is 0 Å². The number of hydrogen-bond acceptors (Lipinski definition) is 3. The van der Waals surface area contributed by atoms with E-state index in [0.29, 0.717) is 0 Å². The van der Waals surface area contributed by atoms with Gasteiger partial charge < -0.3 is 9.88 Å². The molecule has 0 aromatic carbocycles. The molecule has 0 radical (unpaired) electrons. The third kappa shape index (κ3) is 2.67. The molecule has 0 aliphatic heterocycles. The summed E-state index contributed by atoms with van der Waals surface area (Å²) in [4.78, 5) is 4.41. The van der Waals surface area contributed by atoms with Crippen LogP contribution in [0.2, 0.25) is 0 Å². The van der Waals surface area contributed by atoms with Gasteiger partial charge in [0.1, 0.15) is 0 Å². The molecular formula is C16H19N5. The molecule has 5 nitrogen and oxygen atoms in total. The molecule has 3 aromatic heterocycles. The minimum absolute atomic E-state index is 0.802. The van der Waals surface area contributed by atoms with Gasteiger partial charge >= 0.3 is 0 Å². The molecule has 0 aliphatic rings. The number of aromatic nitrogens is 4. The summed E-state index contributed by atoms with van der Waals surface area (Å²) < 4.78 is 3.95. The van der Waals surface area contributed by atoms with Gasteiger partial charge in [-0.15, -0.1) is 0 Å². The van der Waals surface area contributed by atoms with Crippen LogP contribution in [0.5, 0.6) is 0 Å². The first kappa shape index (κ1) is 13.4. The molecule has 0 fully saturated rings. The topological polar surface area (TPSA) is 47.7 Å². The number of anilines is 1. The Morgan fingerprint density at radius 3 is 2.67 bits per heavy atom. The van der Waals surface area contributed by atoms with Crippen LogP contribution < -0.4 is 5.32 Å². The minimum Gasteiger partial charge on any atom is -0.380 e. The third-order valence-corrected chi connectivity index (χ3v) is 3.85. The molecule has 108 valence electrons. The molecule has 0 unspecified atom stereocenters.